The van der Waals surface area contributed by atoms with Gasteiger partial charge in [-0.3, -0.25) is 0 Å². The largest absolute Gasteiger partial charge is 0.497 e. The average molecular weight is 280 g/mol. The fourth-order valence-electron chi connectivity index (χ4n) is 1.16. The van der Waals surface area contributed by atoms with Crippen molar-refractivity contribution in [1.82, 2.24) is 0 Å². The molecule has 0 fully saturated rings. The Balaban J connectivity index is 0.000000180. The topological polar surface area (TPSA) is 18.5 Å². The monoisotopic (exact) mass is 280 g/mol. The van der Waals surface area contributed by atoms with Crippen LogP contribution in [0.3, 0.4) is 0 Å². The number of rotatable bonds is 2. The van der Waals surface area contributed by atoms with Crippen molar-refractivity contribution in [2.45, 2.75) is 9.79 Å². The van der Waals surface area contributed by atoms with Gasteiger partial charge in [-0.25, -0.2) is 0 Å². The highest BCUT2D eigenvalue weighted by atomic mass is 32.1. The van der Waals surface area contributed by atoms with E-state index in [1.807, 2.05) is 48.5 Å². The molecule has 0 saturated heterocycles. The molecule has 2 rings (SSSR count). The first-order valence-electron chi connectivity index (χ1n) is 5.31. The van der Waals surface area contributed by atoms with Crippen LogP contribution in [0.5, 0.6) is 11.5 Å². The summed E-state index contributed by atoms with van der Waals surface area (Å²) in [4.78, 5) is 1.91. The quantitative estimate of drug-likeness (QED) is 0.811. The van der Waals surface area contributed by atoms with Crippen molar-refractivity contribution in [2.24, 2.45) is 0 Å². The number of thiol groups is 2. The lowest BCUT2D eigenvalue weighted by Crippen LogP contribution is -1.79. The van der Waals surface area contributed by atoms with E-state index in [0.717, 1.165) is 21.3 Å². The van der Waals surface area contributed by atoms with Crippen molar-refractivity contribution in [1.29, 1.82) is 0 Å². The van der Waals surface area contributed by atoms with Gasteiger partial charge >= 0.3 is 0 Å². The van der Waals surface area contributed by atoms with Crippen molar-refractivity contribution in [3.8, 4) is 11.5 Å². The van der Waals surface area contributed by atoms with Crippen LogP contribution < -0.4 is 9.47 Å². The molecule has 0 atom stereocenters. The molecule has 0 spiro atoms. The zero-order valence-corrected chi connectivity index (χ0v) is 12.1. The van der Waals surface area contributed by atoms with E-state index in [-0.39, 0.29) is 0 Å². The Hall–Kier alpha value is -1.26. The van der Waals surface area contributed by atoms with Gasteiger partial charge in [-0.15, -0.1) is 25.3 Å². The minimum atomic E-state index is 0.868. The molecule has 2 aromatic rings. The highest BCUT2D eigenvalue weighted by molar-refractivity contribution is 7.80. The van der Waals surface area contributed by atoms with Crippen molar-refractivity contribution in [3.05, 3.63) is 48.5 Å². The van der Waals surface area contributed by atoms with Crippen LogP contribution in [0.15, 0.2) is 58.3 Å². The maximum absolute atomic E-state index is 4.94. The summed E-state index contributed by atoms with van der Waals surface area (Å²) in [5.41, 5.74) is 0. The van der Waals surface area contributed by atoms with Gasteiger partial charge in [-0.2, -0.15) is 0 Å². The summed E-state index contributed by atoms with van der Waals surface area (Å²) in [7, 11) is 3.29. The summed E-state index contributed by atoms with van der Waals surface area (Å²) < 4.78 is 9.87. The second-order valence-corrected chi connectivity index (χ2v) is 4.43. The summed E-state index contributed by atoms with van der Waals surface area (Å²) in [5.74, 6) is 1.74. The van der Waals surface area contributed by atoms with Gasteiger partial charge in [0.1, 0.15) is 11.5 Å². The van der Waals surface area contributed by atoms with Gasteiger partial charge in [0, 0.05) is 9.79 Å². The molecule has 0 heterocycles. The van der Waals surface area contributed by atoms with Gasteiger partial charge in [0.25, 0.3) is 0 Å². The van der Waals surface area contributed by atoms with Gasteiger partial charge in [-0.05, 0) is 48.5 Å². The molecule has 0 amide bonds. The molecule has 0 aliphatic carbocycles. The summed E-state index contributed by atoms with van der Waals surface area (Å²) in [5, 5.41) is 0. The minimum Gasteiger partial charge on any atom is -0.497 e. The molecule has 0 unspecified atom stereocenters. The van der Waals surface area contributed by atoms with Gasteiger partial charge in [0.05, 0.1) is 14.2 Å². The Kier molecular flexibility index (Phi) is 6.54. The fourth-order valence-corrected chi connectivity index (χ4v) is 1.46. The lowest BCUT2D eigenvalue weighted by atomic mass is 10.3. The minimum absolute atomic E-state index is 0.868. The molecule has 0 aliphatic heterocycles. The third kappa shape index (κ3) is 5.38. The lowest BCUT2D eigenvalue weighted by molar-refractivity contribution is 0.414. The molecule has 0 aliphatic rings. The third-order valence-electron chi connectivity index (χ3n) is 2.14. The highest BCUT2D eigenvalue weighted by Gasteiger charge is 1.87. The van der Waals surface area contributed by atoms with E-state index in [2.05, 4.69) is 25.3 Å². The van der Waals surface area contributed by atoms with E-state index in [1.165, 1.54) is 0 Å². The first-order valence-corrected chi connectivity index (χ1v) is 6.21. The smallest absolute Gasteiger partial charge is 0.118 e. The normalized spacial score (nSPS) is 9.11. The van der Waals surface area contributed by atoms with E-state index in [9.17, 15) is 0 Å². The standard InChI is InChI=1S/2C7H8OS/c2*1-8-6-2-4-7(9)5-3-6/h2*2-5,9H,1H3. The first kappa shape index (κ1) is 14.8. The van der Waals surface area contributed by atoms with Crippen LogP contribution in [0.1, 0.15) is 0 Å². The maximum atomic E-state index is 4.94. The summed E-state index contributed by atoms with van der Waals surface area (Å²) in [6.07, 6.45) is 0. The number of methoxy groups -OCH3 is 2. The van der Waals surface area contributed by atoms with Crippen LogP contribution in [0.25, 0.3) is 0 Å². The van der Waals surface area contributed by atoms with Crippen LogP contribution in [0.2, 0.25) is 0 Å². The fraction of sp³-hybridized carbons (Fsp3) is 0.143. The Morgan fingerprint density at radius 3 is 1.11 bits per heavy atom. The molecular formula is C14H16O2S2. The lowest BCUT2D eigenvalue weighted by Gasteiger charge is -1.96. The molecule has 96 valence electrons. The van der Waals surface area contributed by atoms with Crippen molar-refractivity contribution in [3.63, 3.8) is 0 Å². The van der Waals surface area contributed by atoms with Crippen LogP contribution in [0.4, 0.5) is 0 Å². The van der Waals surface area contributed by atoms with Gasteiger partial charge in [0.15, 0.2) is 0 Å². The second-order valence-electron chi connectivity index (χ2n) is 3.40. The predicted octanol–water partition coefficient (Wildman–Crippen LogP) is 3.97. The van der Waals surface area contributed by atoms with Crippen molar-refractivity contribution < 1.29 is 9.47 Å². The Bertz CT molecular complexity index is 407. The highest BCUT2D eigenvalue weighted by Crippen LogP contribution is 2.13. The molecule has 18 heavy (non-hydrogen) atoms. The first-order chi connectivity index (χ1) is 8.65. The summed E-state index contributed by atoms with van der Waals surface area (Å²) in [6, 6.07) is 15.1. The molecule has 4 heteroatoms. The molecule has 0 aromatic heterocycles. The van der Waals surface area contributed by atoms with Crippen LogP contribution in [-0.2, 0) is 0 Å². The van der Waals surface area contributed by atoms with E-state index in [4.69, 9.17) is 9.47 Å². The van der Waals surface area contributed by atoms with Gasteiger partial charge in [0.2, 0.25) is 0 Å². The molecule has 0 N–H and O–H groups in total. The predicted molar refractivity (Wildman–Crippen MR) is 80.5 cm³/mol. The molecule has 0 radical (unpaired) electrons. The van der Waals surface area contributed by atoms with Crippen molar-refractivity contribution >= 4 is 25.3 Å². The number of benzene rings is 2. The van der Waals surface area contributed by atoms with Crippen LogP contribution in [-0.4, -0.2) is 14.2 Å². The van der Waals surface area contributed by atoms with E-state index in [1.54, 1.807) is 14.2 Å². The number of hydrogen-bond acceptors (Lipinski definition) is 4. The van der Waals surface area contributed by atoms with Gasteiger partial charge in [-0.1, -0.05) is 0 Å². The Morgan fingerprint density at radius 2 is 0.889 bits per heavy atom. The average Bonchev–Trinajstić information content (AvgIpc) is 2.41. The van der Waals surface area contributed by atoms with Crippen molar-refractivity contribution in [2.75, 3.05) is 14.2 Å². The van der Waals surface area contributed by atoms with E-state index < -0.39 is 0 Å². The molecular weight excluding hydrogens is 264 g/mol. The second kappa shape index (κ2) is 7.95. The van der Waals surface area contributed by atoms with Crippen LogP contribution >= 0.6 is 25.3 Å². The van der Waals surface area contributed by atoms with Crippen LogP contribution in [0, 0.1) is 0 Å². The number of hydrogen-bond donors (Lipinski definition) is 2. The maximum Gasteiger partial charge on any atom is 0.118 e. The number of ether oxygens (including phenoxy) is 2. The van der Waals surface area contributed by atoms with Gasteiger partial charge < -0.3 is 9.47 Å². The third-order valence-corrected chi connectivity index (χ3v) is 2.74. The SMILES string of the molecule is COc1ccc(S)cc1.COc1ccc(S)cc1. The molecule has 2 nitrogen and oxygen atoms in total. The molecule has 0 saturated carbocycles. The summed E-state index contributed by atoms with van der Waals surface area (Å²) in [6.45, 7) is 0. The zero-order chi connectivity index (χ0) is 13.4. The van der Waals surface area contributed by atoms with E-state index >= 15 is 0 Å². The Labute approximate surface area is 119 Å². The Morgan fingerprint density at radius 1 is 0.611 bits per heavy atom. The zero-order valence-electron chi connectivity index (χ0n) is 10.3. The van der Waals surface area contributed by atoms with E-state index in [0.29, 0.717) is 0 Å². The molecule has 2 aromatic carbocycles. The summed E-state index contributed by atoms with van der Waals surface area (Å²) >= 11 is 8.23. The molecule has 0 bridgehead atoms.